The highest BCUT2D eigenvalue weighted by molar-refractivity contribution is 5.92. The van der Waals surface area contributed by atoms with Crippen molar-refractivity contribution in [2.45, 2.75) is 46.0 Å². The summed E-state index contributed by atoms with van der Waals surface area (Å²) in [5.41, 5.74) is 1.46. The molecule has 4 nitrogen and oxygen atoms in total. The van der Waals surface area contributed by atoms with Gasteiger partial charge in [-0.3, -0.25) is 4.79 Å². The van der Waals surface area contributed by atoms with Crippen molar-refractivity contribution in [1.29, 1.82) is 0 Å². The molecule has 0 atom stereocenters. The maximum absolute atomic E-state index is 11.7. The van der Waals surface area contributed by atoms with E-state index in [-0.39, 0.29) is 5.91 Å². The van der Waals surface area contributed by atoms with Crippen LogP contribution in [0.4, 0.5) is 5.69 Å². The van der Waals surface area contributed by atoms with Crippen molar-refractivity contribution in [3.8, 4) is 0 Å². The summed E-state index contributed by atoms with van der Waals surface area (Å²) in [4.78, 5) is 15.9. The zero-order valence-electron chi connectivity index (χ0n) is 12.0. The number of hydrogen-bond donors (Lipinski definition) is 2. The number of nitrogens with zero attached hydrogens (tertiary/aromatic N) is 1. The molecule has 0 aliphatic carbocycles. The Bertz CT molecular complexity index is 362. The summed E-state index contributed by atoms with van der Waals surface area (Å²) < 4.78 is 0. The number of amides is 1. The Kier molecular flexibility index (Phi) is 7.63. The molecule has 0 saturated heterocycles. The van der Waals surface area contributed by atoms with Crippen LogP contribution in [0.5, 0.6) is 0 Å². The van der Waals surface area contributed by atoms with Crippen LogP contribution in [0.2, 0.25) is 0 Å². The average Bonchev–Trinajstić information content (AvgIpc) is 2.44. The van der Waals surface area contributed by atoms with Gasteiger partial charge in [-0.15, -0.1) is 0 Å². The molecular weight excluding hydrogens is 238 g/mol. The normalized spacial score (nSPS) is 10.2. The minimum Gasteiger partial charge on any atom is -0.384 e. The van der Waals surface area contributed by atoms with E-state index < -0.39 is 0 Å². The third-order valence-corrected chi connectivity index (χ3v) is 2.92. The Labute approximate surface area is 116 Å². The number of nitrogens with one attached hydrogen (secondary N) is 2. The highest BCUT2D eigenvalue weighted by Gasteiger charge is 2.05. The Morgan fingerprint density at radius 2 is 1.89 bits per heavy atom. The fraction of sp³-hybridized carbons (Fsp3) is 0.600. The number of aromatic nitrogens is 1. The predicted octanol–water partition coefficient (Wildman–Crippen LogP) is 3.21. The first-order valence-corrected chi connectivity index (χ1v) is 7.26. The Balaban J connectivity index is 2.36. The number of carbonyl (C=O) groups is 1. The Hall–Kier alpha value is -1.58. The molecule has 1 heterocycles. The lowest BCUT2D eigenvalue weighted by Crippen LogP contribution is -2.25. The van der Waals surface area contributed by atoms with Gasteiger partial charge < -0.3 is 10.6 Å². The zero-order valence-corrected chi connectivity index (χ0v) is 12.0. The maximum atomic E-state index is 11.7. The third-order valence-electron chi connectivity index (χ3n) is 2.92. The fourth-order valence-corrected chi connectivity index (χ4v) is 1.71. The minimum absolute atomic E-state index is 0.0917. The first kappa shape index (κ1) is 15.5. The first-order chi connectivity index (χ1) is 9.27. The van der Waals surface area contributed by atoms with Gasteiger partial charge in [0.15, 0.2) is 0 Å². The fourth-order valence-electron chi connectivity index (χ4n) is 1.71. The number of unbranched alkanes of at least 4 members (excludes halogenated alkanes) is 3. The molecule has 0 radical (unpaired) electrons. The average molecular weight is 263 g/mol. The van der Waals surface area contributed by atoms with Gasteiger partial charge in [0.05, 0.1) is 11.9 Å². The molecule has 0 spiro atoms. The van der Waals surface area contributed by atoms with E-state index in [9.17, 15) is 4.79 Å². The van der Waals surface area contributed by atoms with Gasteiger partial charge in [0.25, 0.3) is 5.91 Å². The predicted molar refractivity (Wildman–Crippen MR) is 79.5 cm³/mol. The van der Waals surface area contributed by atoms with Crippen molar-refractivity contribution in [2.75, 3.05) is 18.4 Å². The van der Waals surface area contributed by atoms with Crippen molar-refractivity contribution in [3.63, 3.8) is 0 Å². The van der Waals surface area contributed by atoms with Crippen molar-refractivity contribution < 1.29 is 4.79 Å². The van der Waals surface area contributed by atoms with Crippen LogP contribution in [0.3, 0.4) is 0 Å². The second-order valence-electron chi connectivity index (χ2n) is 4.68. The van der Waals surface area contributed by atoms with Crippen molar-refractivity contribution in [1.82, 2.24) is 10.3 Å². The second kappa shape index (κ2) is 9.36. The van der Waals surface area contributed by atoms with Crippen LogP contribution >= 0.6 is 0 Å². The van der Waals surface area contributed by atoms with Gasteiger partial charge in [0.2, 0.25) is 0 Å². The molecule has 0 bridgehead atoms. The summed E-state index contributed by atoms with van der Waals surface area (Å²) in [6, 6.07) is 3.68. The highest BCUT2D eigenvalue weighted by atomic mass is 16.1. The molecule has 0 aliphatic rings. The molecular formula is C15H25N3O. The summed E-state index contributed by atoms with van der Waals surface area (Å²) in [7, 11) is 0. The van der Waals surface area contributed by atoms with Gasteiger partial charge in [-0.2, -0.15) is 0 Å². The summed E-state index contributed by atoms with van der Waals surface area (Å²) in [6.45, 7) is 5.96. The standard InChI is InChI=1S/C15H25N3O/c1-3-5-7-11-16-13-8-9-14(18-12-13)15(19)17-10-6-4-2/h8-9,12,16H,3-7,10-11H2,1-2H3,(H,17,19). The van der Waals surface area contributed by atoms with E-state index in [4.69, 9.17) is 0 Å². The SMILES string of the molecule is CCCCCNc1ccc(C(=O)NCCCC)nc1. The van der Waals surface area contributed by atoms with E-state index in [1.54, 1.807) is 12.3 Å². The van der Waals surface area contributed by atoms with Crippen molar-refractivity contribution in [2.24, 2.45) is 0 Å². The van der Waals surface area contributed by atoms with Crippen LogP contribution in [0.1, 0.15) is 56.4 Å². The topological polar surface area (TPSA) is 54.0 Å². The zero-order chi connectivity index (χ0) is 13.9. The number of pyridine rings is 1. The molecule has 106 valence electrons. The number of hydrogen-bond acceptors (Lipinski definition) is 3. The van der Waals surface area contributed by atoms with Crippen LogP contribution in [0.15, 0.2) is 18.3 Å². The monoisotopic (exact) mass is 263 g/mol. The molecule has 1 rings (SSSR count). The van der Waals surface area contributed by atoms with E-state index in [1.165, 1.54) is 12.8 Å². The van der Waals surface area contributed by atoms with Crippen molar-refractivity contribution in [3.05, 3.63) is 24.0 Å². The quantitative estimate of drug-likeness (QED) is 0.673. The lowest BCUT2D eigenvalue weighted by atomic mass is 10.2. The van der Waals surface area contributed by atoms with E-state index in [0.717, 1.165) is 31.5 Å². The molecule has 19 heavy (non-hydrogen) atoms. The van der Waals surface area contributed by atoms with Gasteiger partial charge >= 0.3 is 0 Å². The molecule has 0 unspecified atom stereocenters. The molecule has 0 saturated carbocycles. The maximum Gasteiger partial charge on any atom is 0.269 e. The van der Waals surface area contributed by atoms with Gasteiger partial charge in [-0.05, 0) is 25.0 Å². The smallest absolute Gasteiger partial charge is 0.269 e. The number of carbonyl (C=O) groups excluding carboxylic acids is 1. The van der Waals surface area contributed by atoms with Gasteiger partial charge in [0, 0.05) is 13.1 Å². The molecule has 4 heteroatoms. The van der Waals surface area contributed by atoms with Crippen molar-refractivity contribution >= 4 is 11.6 Å². The first-order valence-electron chi connectivity index (χ1n) is 7.26. The summed E-state index contributed by atoms with van der Waals surface area (Å²) in [5.74, 6) is -0.0917. The molecule has 2 N–H and O–H groups in total. The van der Waals surface area contributed by atoms with E-state index >= 15 is 0 Å². The highest BCUT2D eigenvalue weighted by Crippen LogP contribution is 2.07. The minimum atomic E-state index is -0.0917. The van der Waals surface area contributed by atoms with E-state index in [2.05, 4.69) is 29.5 Å². The van der Waals surface area contributed by atoms with Crippen LogP contribution in [0, 0.1) is 0 Å². The Morgan fingerprint density at radius 3 is 2.53 bits per heavy atom. The lowest BCUT2D eigenvalue weighted by molar-refractivity contribution is 0.0948. The van der Waals surface area contributed by atoms with Crippen LogP contribution in [0.25, 0.3) is 0 Å². The number of anilines is 1. The summed E-state index contributed by atoms with van der Waals surface area (Å²) in [6.07, 6.45) is 7.42. The largest absolute Gasteiger partial charge is 0.384 e. The summed E-state index contributed by atoms with van der Waals surface area (Å²) in [5, 5.41) is 6.16. The second-order valence-corrected chi connectivity index (χ2v) is 4.68. The molecule has 1 amide bonds. The number of rotatable bonds is 9. The van der Waals surface area contributed by atoms with Crippen LogP contribution in [-0.2, 0) is 0 Å². The van der Waals surface area contributed by atoms with Gasteiger partial charge in [-0.1, -0.05) is 33.1 Å². The molecule has 0 fully saturated rings. The third kappa shape index (κ3) is 6.22. The van der Waals surface area contributed by atoms with Crippen LogP contribution in [-0.4, -0.2) is 24.0 Å². The lowest BCUT2D eigenvalue weighted by Gasteiger charge is -2.07. The van der Waals surface area contributed by atoms with Gasteiger partial charge in [0.1, 0.15) is 5.69 Å². The van der Waals surface area contributed by atoms with E-state index in [1.807, 2.05) is 6.07 Å². The Morgan fingerprint density at radius 1 is 1.11 bits per heavy atom. The molecule has 1 aromatic heterocycles. The molecule has 0 aliphatic heterocycles. The van der Waals surface area contributed by atoms with E-state index in [0.29, 0.717) is 12.2 Å². The van der Waals surface area contributed by atoms with Gasteiger partial charge in [-0.25, -0.2) is 4.98 Å². The van der Waals surface area contributed by atoms with Crippen LogP contribution < -0.4 is 10.6 Å². The molecule has 0 aromatic carbocycles. The summed E-state index contributed by atoms with van der Waals surface area (Å²) >= 11 is 0. The molecule has 1 aromatic rings.